The molecule has 27 heavy (non-hydrogen) atoms. The monoisotopic (exact) mass is 391 g/mol. The van der Waals surface area contributed by atoms with Gasteiger partial charge in [-0.2, -0.15) is 0 Å². The average molecular weight is 392 g/mol. The van der Waals surface area contributed by atoms with Gasteiger partial charge in [0, 0.05) is 37.5 Å². The summed E-state index contributed by atoms with van der Waals surface area (Å²) in [7, 11) is 0. The molecule has 6 nitrogen and oxygen atoms in total. The Morgan fingerprint density at radius 1 is 1.04 bits per heavy atom. The summed E-state index contributed by atoms with van der Waals surface area (Å²) in [5, 5.41) is 2.78. The Bertz CT molecular complexity index is 674. The van der Waals surface area contributed by atoms with Gasteiger partial charge in [0.25, 0.3) is 5.91 Å². The van der Waals surface area contributed by atoms with Crippen LogP contribution in [0.4, 0.5) is 0 Å². The first-order valence-corrected chi connectivity index (χ1v) is 10.7. The largest absolute Gasteiger partial charge is 0.347 e. The molecule has 1 saturated heterocycles. The number of carbonyl (C=O) groups excluding carboxylic acids is 3. The first-order valence-electron chi connectivity index (χ1n) is 9.93. The molecule has 2 fully saturated rings. The van der Waals surface area contributed by atoms with Crippen LogP contribution in [0.2, 0.25) is 0 Å². The van der Waals surface area contributed by atoms with Gasteiger partial charge in [0.2, 0.25) is 11.8 Å². The number of piperazine rings is 1. The van der Waals surface area contributed by atoms with Gasteiger partial charge < -0.3 is 15.1 Å². The van der Waals surface area contributed by atoms with E-state index in [1.807, 2.05) is 19.1 Å². The van der Waals surface area contributed by atoms with E-state index in [-0.39, 0.29) is 24.3 Å². The van der Waals surface area contributed by atoms with Crippen molar-refractivity contribution in [3.8, 4) is 0 Å². The summed E-state index contributed by atoms with van der Waals surface area (Å²) < 4.78 is 0. The van der Waals surface area contributed by atoms with E-state index in [9.17, 15) is 14.4 Å². The number of hydrogen-bond donors (Lipinski definition) is 1. The van der Waals surface area contributed by atoms with E-state index < -0.39 is 0 Å². The van der Waals surface area contributed by atoms with Gasteiger partial charge in [0.15, 0.2) is 0 Å². The van der Waals surface area contributed by atoms with Crippen LogP contribution >= 0.6 is 11.3 Å². The maximum atomic E-state index is 12.5. The van der Waals surface area contributed by atoms with Crippen molar-refractivity contribution in [2.24, 2.45) is 5.92 Å². The Balaban J connectivity index is 1.38. The van der Waals surface area contributed by atoms with Gasteiger partial charge in [-0.1, -0.05) is 19.3 Å². The van der Waals surface area contributed by atoms with Crippen LogP contribution in [-0.2, 0) is 9.59 Å². The molecule has 0 spiro atoms. The summed E-state index contributed by atoms with van der Waals surface area (Å²) in [4.78, 5) is 42.3. The highest BCUT2D eigenvalue weighted by Crippen LogP contribution is 2.26. The van der Waals surface area contributed by atoms with Gasteiger partial charge in [-0.05, 0) is 37.8 Å². The van der Waals surface area contributed by atoms with Crippen molar-refractivity contribution in [2.75, 3.05) is 32.7 Å². The van der Waals surface area contributed by atoms with Gasteiger partial charge in [-0.25, -0.2) is 0 Å². The minimum Gasteiger partial charge on any atom is -0.347 e. The number of aryl methyl sites for hydroxylation is 1. The molecule has 7 heteroatoms. The van der Waals surface area contributed by atoms with Gasteiger partial charge in [0.05, 0.1) is 11.4 Å². The van der Waals surface area contributed by atoms with Crippen molar-refractivity contribution in [3.63, 3.8) is 0 Å². The topological polar surface area (TPSA) is 69.7 Å². The Hall–Kier alpha value is -1.89. The molecule has 0 radical (unpaired) electrons. The fraction of sp³-hybridized carbons (Fsp3) is 0.650. The van der Waals surface area contributed by atoms with Crippen molar-refractivity contribution in [1.29, 1.82) is 0 Å². The van der Waals surface area contributed by atoms with Crippen LogP contribution in [0.3, 0.4) is 0 Å². The van der Waals surface area contributed by atoms with Gasteiger partial charge in [0.1, 0.15) is 0 Å². The highest BCUT2D eigenvalue weighted by atomic mass is 32.1. The molecule has 1 aromatic rings. The SMILES string of the molecule is Cc1ccc(C(=O)N2CCN(C(=O)CNC(=O)CC3CCCCC3)CC2)s1. The zero-order valence-electron chi connectivity index (χ0n) is 16.0. The lowest BCUT2D eigenvalue weighted by molar-refractivity contribution is -0.134. The lowest BCUT2D eigenvalue weighted by Crippen LogP contribution is -2.52. The highest BCUT2D eigenvalue weighted by molar-refractivity contribution is 7.13. The summed E-state index contributed by atoms with van der Waals surface area (Å²) in [6.07, 6.45) is 6.49. The van der Waals surface area contributed by atoms with Gasteiger partial charge in [-0.3, -0.25) is 14.4 Å². The van der Waals surface area contributed by atoms with E-state index in [2.05, 4.69) is 5.32 Å². The van der Waals surface area contributed by atoms with Crippen molar-refractivity contribution in [1.82, 2.24) is 15.1 Å². The number of thiophene rings is 1. The number of nitrogens with zero attached hydrogens (tertiary/aromatic N) is 2. The van der Waals surface area contributed by atoms with Crippen LogP contribution in [-0.4, -0.2) is 60.2 Å². The number of nitrogens with one attached hydrogen (secondary N) is 1. The van der Waals surface area contributed by atoms with Crippen LogP contribution in [0, 0.1) is 12.8 Å². The molecule has 0 aromatic carbocycles. The van der Waals surface area contributed by atoms with Crippen LogP contribution < -0.4 is 5.32 Å². The highest BCUT2D eigenvalue weighted by Gasteiger charge is 2.26. The fourth-order valence-corrected chi connectivity index (χ4v) is 4.71. The summed E-state index contributed by atoms with van der Waals surface area (Å²) in [6.45, 7) is 4.17. The quantitative estimate of drug-likeness (QED) is 0.838. The third kappa shape index (κ3) is 5.54. The summed E-state index contributed by atoms with van der Waals surface area (Å²) in [6, 6.07) is 3.81. The van der Waals surface area contributed by atoms with E-state index in [4.69, 9.17) is 0 Å². The zero-order valence-corrected chi connectivity index (χ0v) is 16.9. The second-order valence-electron chi connectivity index (χ2n) is 7.57. The zero-order chi connectivity index (χ0) is 19.2. The van der Waals surface area contributed by atoms with E-state index in [1.165, 1.54) is 30.6 Å². The number of hydrogen-bond acceptors (Lipinski definition) is 4. The molecule has 0 unspecified atom stereocenters. The number of carbonyl (C=O) groups is 3. The summed E-state index contributed by atoms with van der Waals surface area (Å²) >= 11 is 1.50. The van der Waals surface area contributed by atoms with Crippen molar-refractivity contribution in [2.45, 2.75) is 45.4 Å². The van der Waals surface area contributed by atoms with Crippen molar-refractivity contribution >= 4 is 29.1 Å². The predicted molar refractivity (Wildman–Crippen MR) is 106 cm³/mol. The average Bonchev–Trinajstić information content (AvgIpc) is 3.13. The van der Waals surface area contributed by atoms with E-state index >= 15 is 0 Å². The van der Waals surface area contributed by atoms with Crippen LogP contribution in [0.15, 0.2) is 12.1 Å². The van der Waals surface area contributed by atoms with Crippen molar-refractivity contribution in [3.05, 3.63) is 21.9 Å². The Morgan fingerprint density at radius 2 is 1.70 bits per heavy atom. The minimum atomic E-state index is -0.0638. The molecule has 148 valence electrons. The predicted octanol–water partition coefficient (Wildman–Crippen LogP) is 2.43. The lowest BCUT2D eigenvalue weighted by atomic mass is 9.87. The third-order valence-electron chi connectivity index (χ3n) is 5.51. The Morgan fingerprint density at radius 3 is 2.33 bits per heavy atom. The second kappa shape index (κ2) is 9.35. The standard InChI is InChI=1S/C20H29N3O3S/c1-15-7-8-17(27-15)20(26)23-11-9-22(10-12-23)19(25)14-21-18(24)13-16-5-3-2-4-6-16/h7-8,16H,2-6,9-14H2,1H3,(H,21,24). The van der Waals surface area contributed by atoms with Crippen LogP contribution in [0.5, 0.6) is 0 Å². The van der Waals surface area contributed by atoms with Crippen LogP contribution in [0.1, 0.15) is 53.1 Å². The molecule has 1 aliphatic carbocycles. The third-order valence-corrected chi connectivity index (χ3v) is 6.50. The van der Waals surface area contributed by atoms with Gasteiger partial charge >= 0.3 is 0 Å². The maximum absolute atomic E-state index is 12.5. The minimum absolute atomic E-state index is 0.0165. The molecule has 3 amide bonds. The molecule has 1 aliphatic heterocycles. The smallest absolute Gasteiger partial charge is 0.264 e. The molecule has 0 bridgehead atoms. The van der Waals surface area contributed by atoms with E-state index in [0.717, 1.165) is 22.6 Å². The second-order valence-corrected chi connectivity index (χ2v) is 8.86. The molecule has 0 atom stereocenters. The lowest BCUT2D eigenvalue weighted by Gasteiger charge is -2.34. The molecular weight excluding hydrogens is 362 g/mol. The van der Waals surface area contributed by atoms with Crippen LogP contribution in [0.25, 0.3) is 0 Å². The molecule has 2 heterocycles. The Labute approximate surface area is 164 Å². The first-order chi connectivity index (χ1) is 13.0. The van der Waals surface area contributed by atoms with Crippen molar-refractivity contribution < 1.29 is 14.4 Å². The molecule has 2 aliphatic rings. The fourth-order valence-electron chi connectivity index (χ4n) is 3.88. The van der Waals surface area contributed by atoms with E-state index in [0.29, 0.717) is 38.5 Å². The maximum Gasteiger partial charge on any atom is 0.264 e. The number of amides is 3. The normalized spacial score (nSPS) is 18.4. The first kappa shape index (κ1) is 19.9. The molecular formula is C20H29N3O3S. The number of rotatable bonds is 5. The van der Waals surface area contributed by atoms with Gasteiger partial charge in [-0.15, -0.1) is 11.3 Å². The summed E-state index contributed by atoms with van der Waals surface area (Å²) in [5.74, 6) is 0.438. The Kier molecular flexibility index (Phi) is 6.88. The van der Waals surface area contributed by atoms with E-state index in [1.54, 1.807) is 9.80 Å². The molecule has 1 aromatic heterocycles. The molecule has 1 saturated carbocycles. The molecule has 1 N–H and O–H groups in total. The summed E-state index contributed by atoms with van der Waals surface area (Å²) in [5.41, 5.74) is 0. The molecule has 3 rings (SSSR count).